The maximum Gasteiger partial charge on any atom is 0.326 e. The van der Waals surface area contributed by atoms with E-state index >= 15 is 0 Å². The zero-order valence-electron chi connectivity index (χ0n) is 10.3. The number of nitrogens with one attached hydrogen (secondary N) is 2. The fourth-order valence-corrected chi connectivity index (χ4v) is 1.75. The van der Waals surface area contributed by atoms with E-state index in [4.69, 9.17) is 5.11 Å². The molecule has 1 aromatic heterocycles. The van der Waals surface area contributed by atoms with Gasteiger partial charge in [-0.05, 0) is 18.2 Å². The van der Waals surface area contributed by atoms with Crippen LogP contribution in [0.5, 0.6) is 0 Å². The SMILES string of the molecule is Cn1c(=O)[nH]c2ccc(C(=O)NCCC(=O)O)cc21. The lowest BCUT2D eigenvalue weighted by atomic mass is 10.2. The number of hydrogen-bond acceptors (Lipinski definition) is 3. The molecule has 2 aromatic rings. The van der Waals surface area contributed by atoms with Crippen LogP contribution in [0.1, 0.15) is 16.8 Å². The number of hydrogen-bond donors (Lipinski definition) is 3. The zero-order chi connectivity index (χ0) is 14.0. The van der Waals surface area contributed by atoms with Gasteiger partial charge < -0.3 is 15.4 Å². The fourth-order valence-electron chi connectivity index (χ4n) is 1.75. The van der Waals surface area contributed by atoms with E-state index in [1.54, 1.807) is 25.2 Å². The highest BCUT2D eigenvalue weighted by molar-refractivity contribution is 5.97. The normalized spacial score (nSPS) is 10.6. The van der Waals surface area contributed by atoms with E-state index in [9.17, 15) is 14.4 Å². The fraction of sp³-hybridized carbons (Fsp3) is 0.250. The van der Waals surface area contributed by atoms with Crippen molar-refractivity contribution < 1.29 is 14.7 Å². The van der Waals surface area contributed by atoms with Gasteiger partial charge in [0, 0.05) is 19.2 Å². The topological polar surface area (TPSA) is 104 Å². The minimum atomic E-state index is -0.969. The molecule has 0 aliphatic heterocycles. The molecule has 19 heavy (non-hydrogen) atoms. The van der Waals surface area contributed by atoms with Gasteiger partial charge in [-0.1, -0.05) is 0 Å². The first-order valence-corrected chi connectivity index (χ1v) is 5.68. The Balaban J connectivity index is 2.20. The summed E-state index contributed by atoms with van der Waals surface area (Å²) in [5.41, 5.74) is 1.40. The zero-order valence-corrected chi connectivity index (χ0v) is 10.3. The molecule has 1 heterocycles. The van der Waals surface area contributed by atoms with Crippen molar-refractivity contribution >= 4 is 22.9 Å². The van der Waals surface area contributed by atoms with Crippen LogP contribution >= 0.6 is 0 Å². The molecule has 0 saturated carbocycles. The quantitative estimate of drug-likeness (QED) is 0.726. The number of aryl methyl sites for hydroxylation is 1. The number of rotatable bonds is 4. The summed E-state index contributed by atoms with van der Waals surface area (Å²) in [6, 6.07) is 4.81. The molecule has 0 saturated heterocycles. The van der Waals surface area contributed by atoms with E-state index in [0.29, 0.717) is 16.6 Å². The van der Waals surface area contributed by atoms with Crippen LogP contribution in [0.25, 0.3) is 11.0 Å². The number of nitrogens with zero attached hydrogens (tertiary/aromatic N) is 1. The van der Waals surface area contributed by atoms with Crippen LogP contribution in [0.15, 0.2) is 23.0 Å². The molecule has 7 heteroatoms. The Hall–Kier alpha value is -2.57. The number of H-pyrrole nitrogens is 1. The summed E-state index contributed by atoms with van der Waals surface area (Å²) in [4.78, 5) is 36.2. The predicted octanol–water partition coefficient (Wildman–Crippen LogP) is 0.0711. The van der Waals surface area contributed by atoms with E-state index in [1.165, 1.54) is 4.57 Å². The van der Waals surface area contributed by atoms with Crippen LogP contribution in [0.2, 0.25) is 0 Å². The number of benzene rings is 1. The highest BCUT2D eigenvalue weighted by Crippen LogP contribution is 2.11. The lowest BCUT2D eigenvalue weighted by Gasteiger charge is -2.04. The van der Waals surface area contributed by atoms with Gasteiger partial charge in [-0.15, -0.1) is 0 Å². The molecule has 3 N–H and O–H groups in total. The largest absolute Gasteiger partial charge is 0.481 e. The second-order valence-corrected chi connectivity index (χ2v) is 4.12. The molecular weight excluding hydrogens is 250 g/mol. The van der Waals surface area contributed by atoms with Crippen LogP contribution in [-0.4, -0.2) is 33.1 Å². The number of carbonyl (C=O) groups excluding carboxylic acids is 1. The molecule has 100 valence electrons. The first-order valence-electron chi connectivity index (χ1n) is 5.68. The Morgan fingerprint density at radius 1 is 1.42 bits per heavy atom. The second-order valence-electron chi connectivity index (χ2n) is 4.12. The lowest BCUT2D eigenvalue weighted by molar-refractivity contribution is -0.136. The Labute approximate surface area is 107 Å². The smallest absolute Gasteiger partial charge is 0.326 e. The van der Waals surface area contributed by atoms with Gasteiger partial charge in [-0.25, -0.2) is 4.79 Å². The molecule has 0 unspecified atom stereocenters. The molecule has 0 spiro atoms. The van der Waals surface area contributed by atoms with Gasteiger partial charge >= 0.3 is 11.7 Å². The van der Waals surface area contributed by atoms with Crippen molar-refractivity contribution in [1.82, 2.24) is 14.9 Å². The first kappa shape index (κ1) is 12.9. The van der Waals surface area contributed by atoms with E-state index in [2.05, 4.69) is 10.3 Å². The maximum absolute atomic E-state index is 11.8. The number of aliphatic carboxylic acids is 1. The molecule has 0 fully saturated rings. The lowest BCUT2D eigenvalue weighted by Crippen LogP contribution is -2.26. The third kappa shape index (κ3) is 2.65. The van der Waals surface area contributed by atoms with Crippen molar-refractivity contribution in [2.75, 3.05) is 6.54 Å². The van der Waals surface area contributed by atoms with Crippen LogP contribution in [0.3, 0.4) is 0 Å². The molecule has 0 atom stereocenters. The van der Waals surface area contributed by atoms with E-state index in [1.807, 2.05) is 0 Å². The number of amides is 1. The standard InChI is InChI=1S/C12H13N3O4/c1-15-9-6-7(2-3-8(9)14-12(15)19)11(18)13-5-4-10(16)17/h2-3,6H,4-5H2,1H3,(H,13,18)(H,14,19)(H,16,17). The van der Waals surface area contributed by atoms with Gasteiger partial charge in [0.1, 0.15) is 0 Å². The highest BCUT2D eigenvalue weighted by Gasteiger charge is 2.09. The summed E-state index contributed by atoms with van der Waals surface area (Å²) in [5, 5.41) is 11.0. The number of aromatic nitrogens is 2. The Kier molecular flexibility index (Phi) is 3.37. The summed E-state index contributed by atoms with van der Waals surface area (Å²) < 4.78 is 1.41. The van der Waals surface area contributed by atoms with Crippen molar-refractivity contribution in [2.24, 2.45) is 7.05 Å². The van der Waals surface area contributed by atoms with Crippen molar-refractivity contribution in [3.63, 3.8) is 0 Å². The van der Waals surface area contributed by atoms with Crippen molar-refractivity contribution in [2.45, 2.75) is 6.42 Å². The van der Waals surface area contributed by atoms with Gasteiger partial charge in [0.15, 0.2) is 0 Å². The van der Waals surface area contributed by atoms with Gasteiger partial charge in [-0.2, -0.15) is 0 Å². The molecule has 0 aliphatic rings. The van der Waals surface area contributed by atoms with Gasteiger partial charge in [0.25, 0.3) is 5.91 Å². The monoisotopic (exact) mass is 263 g/mol. The third-order valence-corrected chi connectivity index (χ3v) is 2.79. The molecule has 7 nitrogen and oxygen atoms in total. The van der Waals surface area contributed by atoms with Gasteiger partial charge in [0.05, 0.1) is 17.5 Å². The summed E-state index contributed by atoms with van der Waals surface area (Å²) >= 11 is 0. The first-order chi connectivity index (χ1) is 8.99. The molecule has 0 radical (unpaired) electrons. The molecular formula is C12H13N3O4. The Morgan fingerprint density at radius 3 is 2.84 bits per heavy atom. The molecule has 0 aliphatic carbocycles. The predicted molar refractivity (Wildman–Crippen MR) is 68.1 cm³/mol. The molecule has 1 amide bonds. The van der Waals surface area contributed by atoms with Crippen LogP contribution in [0.4, 0.5) is 0 Å². The number of carboxylic acid groups (broad SMARTS) is 1. The molecule has 1 aromatic carbocycles. The maximum atomic E-state index is 11.8. The minimum absolute atomic E-state index is 0.0677. The summed E-state index contributed by atoms with van der Waals surface area (Å²) in [5.74, 6) is -1.33. The van der Waals surface area contributed by atoms with Crippen LogP contribution < -0.4 is 11.0 Å². The average Bonchev–Trinajstić information content (AvgIpc) is 2.64. The summed E-state index contributed by atoms with van der Waals surface area (Å²) in [7, 11) is 1.60. The van der Waals surface area contributed by atoms with Crippen molar-refractivity contribution in [3.8, 4) is 0 Å². The van der Waals surface area contributed by atoms with Gasteiger partial charge in [0.2, 0.25) is 0 Å². The van der Waals surface area contributed by atoms with Gasteiger partial charge in [-0.3, -0.25) is 14.2 Å². The number of imidazole rings is 1. The summed E-state index contributed by atoms with van der Waals surface area (Å²) in [6.07, 6.45) is -0.128. The van der Waals surface area contributed by atoms with Crippen LogP contribution in [-0.2, 0) is 11.8 Å². The van der Waals surface area contributed by atoms with E-state index in [0.717, 1.165) is 0 Å². The summed E-state index contributed by atoms with van der Waals surface area (Å²) in [6.45, 7) is 0.0677. The Bertz CT molecular complexity index is 699. The highest BCUT2D eigenvalue weighted by atomic mass is 16.4. The average molecular weight is 263 g/mol. The Morgan fingerprint density at radius 2 is 2.16 bits per heavy atom. The third-order valence-electron chi connectivity index (χ3n) is 2.79. The molecule has 0 bridgehead atoms. The number of carboxylic acids is 1. The number of fused-ring (bicyclic) bond motifs is 1. The van der Waals surface area contributed by atoms with E-state index in [-0.39, 0.29) is 24.6 Å². The molecule has 2 rings (SSSR count). The van der Waals surface area contributed by atoms with Crippen molar-refractivity contribution in [3.05, 3.63) is 34.2 Å². The van der Waals surface area contributed by atoms with E-state index < -0.39 is 5.97 Å². The number of carbonyl (C=O) groups is 2. The van der Waals surface area contributed by atoms with Crippen molar-refractivity contribution in [1.29, 1.82) is 0 Å². The number of aromatic amines is 1. The minimum Gasteiger partial charge on any atom is -0.481 e. The van der Waals surface area contributed by atoms with Crippen LogP contribution in [0, 0.1) is 0 Å². The second kappa shape index (κ2) is 4.97.